The van der Waals surface area contributed by atoms with Crippen LogP contribution in [0.4, 0.5) is 0 Å². The van der Waals surface area contributed by atoms with Gasteiger partial charge < -0.3 is 10.1 Å². The summed E-state index contributed by atoms with van der Waals surface area (Å²) >= 11 is 3.09. The molecule has 0 atom stereocenters. The van der Waals surface area contributed by atoms with Crippen LogP contribution < -0.4 is 0 Å². The van der Waals surface area contributed by atoms with Gasteiger partial charge in [-0.2, -0.15) is 0 Å². The van der Waals surface area contributed by atoms with Crippen molar-refractivity contribution in [3.05, 3.63) is 28.5 Å². The predicted octanol–water partition coefficient (Wildman–Crippen LogP) is 2.08. The molecule has 0 saturated carbocycles. The molecule has 4 heteroatoms. The summed E-state index contributed by atoms with van der Waals surface area (Å²) in [6.07, 6.45) is 3.38. The van der Waals surface area contributed by atoms with Crippen molar-refractivity contribution in [2.24, 2.45) is 0 Å². The first kappa shape index (κ1) is 8.07. The standard InChI is InChI=1S/C7H6BrNO2/c8-2-1-5-3-6(7(10)11)9-4-5/h1-4,9H,(H,10,11). The Balaban J connectivity index is 2.90. The molecule has 0 unspecified atom stereocenters. The topological polar surface area (TPSA) is 53.1 Å². The van der Waals surface area contributed by atoms with Gasteiger partial charge in [-0.3, -0.25) is 0 Å². The Morgan fingerprint density at radius 3 is 2.91 bits per heavy atom. The minimum atomic E-state index is -0.945. The smallest absolute Gasteiger partial charge is 0.352 e. The minimum absolute atomic E-state index is 0.200. The molecule has 1 aromatic heterocycles. The SMILES string of the molecule is O=C(O)c1cc(C=CBr)c[nH]1. The molecule has 0 aliphatic carbocycles. The third-order valence-corrected chi connectivity index (χ3v) is 1.46. The van der Waals surface area contributed by atoms with Gasteiger partial charge in [-0.15, -0.1) is 0 Å². The number of hydrogen-bond donors (Lipinski definition) is 2. The van der Waals surface area contributed by atoms with Crippen molar-refractivity contribution in [3.63, 3.8) is 0 Å². The molecule has 3 nitrogen and oxygen atoms in total. The van der Waals surface area contributed by atoms with Crippen LogP contribution in [0.1, 0.15) is 16.1 Å². The molecule has 1 rings (SSSR count). The van der Waals surface area contributed by atoms with Gasteiger partial charge in [0, 0.05) is 6.20 Å². The predicted molar refractivity (Wildman–Crippen MR) is 45.7 cm³/mol. The van der Waals surface area contributed by atoms with Gasteiger partial charge in [0.05, 0.1) is 0 Å². The summed E-state index contributed by atoms with van der Waals surface area (Å²) in [4.78, 5) is 14.6. The summed E-state index contributed by atoms with van der Waals surface area (Å²) in [7, 11) is 0. The maximum absolute atomic E-state index is 10.4. The van der Waals surface area contributed by atoms with E-state index in [-0.39, 0.29) is 5.69 Å². The minimum Gasteiger partial charge on any atom is -0.477 e. The number of carboxylic acid groups (broad SMARTS) is 1. The number of H-pyrrole nitrogens is 1. The lowest BCUT2D eigenvalue weighted by atomic mass is 10.3. The molecule has 0 saturated heterocycles. The summed E-state index contributed by atoms with van der Waals surface area (Å²) in [5.74, 6) is -0.945. The summed E-state index contributed by atoms with van der Waals surface area (Å²) in [6.45, 7) is 0. The second kappa shape index (κ2) is 3.39. The average Bonchev–Trinajstić information content (AvgIpc) is 2.37. The van der Waals surface area contributed by atoms with Crippen molar-refractivity contribution < 1.29 is 9.90 Å². The zero-order valence-electron chi connectivity index (χ0n) is 5.54. The van der Waals surface area contributed by atoms with Crippen LogP contribution in [0.3, 0.4) is 0 Å². The van der Waals surface area contributed by atoms with Gasteiger partial charge in [0.1, 0.15) is 5.69 Å². The van der Waals surface area contributed by atoms with E-state index in [2.05, 4.69) is 20.9 Å². The Labute approximate surface area is 71.9 Å². The normalized spacial score (nSPS) is 10.6. The van der Waals surface area contributed by atoms with Crippen LogP contribution >= 0.6 is 15.9 Å². The van der Waals surface area contributed by atoms with Crippen LogP contribution in [-0.4, -0.2) is 16.1 Å². The lowest BCUT2D eigenvalue weighted by Gasteiger charge is -1.81. The number of aromatic amines is 1. The number of hydrogen-bond acceptors (Lipinski definition) is 1. The number of carbonyl (C=O) groups is 1. The molecule has 0 amide bonds. The van der Waals surface area contributed by atoms with E-state index < -0.39 is 5.97 Å². The van der Waals surface area contributed by atoms with E-state index in [1.54, 1.807) is 23.3 Å². The van der Waals surface area contributed by atoms with E-state index in [0.717, 1.165) is 5.56 Å². The lowest BCUT2D eigenvalue weighted by molar-refractivity contribution is 0.0691. The number of aromatic nitrogens is 1. The second-order valence-electron chi connectivity index (χ2n) is 1.94. The van der Waals surface area contributed by atoms with Crippen LogP contribution in [0.15, 0.2) is 17.2 Å². The van der Waals surface area contributed by atoms with Crippen molar-refractivity contribution in [1.29, 1.82) is 0 Å². The molecule has 0 fully saturated rings. The molecular weight excluding hydrogens is 210 g/mol. The van der Waals surface area contributed by atoms with Gasteiger partial charge in [0.25, 0.3) is 0 Å². The maximum Gasteiger partial charge on any atom is 0.352 e. The van der Waals surface area contributed by atoms with Crippen LogP contribution in [-0.2, 0) is 0 Å². The van der Waals surface area contributed by atoms with Gasteiger partial charge >= 0.3 is 5.97 Å². The zero-order chi connectivity index (χ0) is 8.27. The summed E-state index contributed by atoms with van der Waals surface area (Å²) in [5, 5.41) is 8.50. The molecule has 0 aromatic carbocycles. The maximum atomic E-state index is 10.4. The first-order chi connectivity index (χ1) is 5.24. The number of rotatable bonds is 2. The van der Waals surface area contributed by atoms with Crippen LogP contribution in [0.5, 0.6) is 0 Å². The fourth-order valence-electron chi connectivity index (χ4n) is 0.704. The third-order valence-electron chi connectivity index (χ3n) is 1.19. The first-order valence-corrected chi connectivity index (χ1v) is 3.84. The third kappa shape index (κ3) is 1.94. The Kier molecular flexibility index (Phi) is 2.48. The van der Waals surface area contributed by atoms with Crippen LogP contribution in [0.25, 0.3) is 6.08 Å². The van der Waals surface area contributed by atoms with E-state index in [4.69, 9.17) is 5.11 Å². The van der Waals surface area contributed by atoms with Crippen molar-refractivity contribution in [2.75, 3.05) is 0 Å². The van der Waals surface area contributed by atoms with Crippen molar-refractivity contribution >= 4 is 28.0 Å². The molecule has 0 aliphatic heterocycles. The van der Waals surface area contributed by atoms with Crippen LogP contribution in [0.2, 0.25) is 0 Å². The highest BCUT2D eigenvalue weighted by atomic mass is 79.9. The van der Waals surface area contributed by atoms with Gasteiger partial charge in [0.15, 0.2) is 0 Å². The van der Waals surface area contributed by atoms with E-state index in [1.165, 1.54) is 0 Å². The Bertz CT molecular complexity index is 290. The van der Waals surface area contributed by atoms with Crippen molar-refractivity contribution in [3.8, 4) is 0 Å². The number of carboxylic acids is 1. The number of aromatic carboxylic acids is 1. The molecule has 1 heterocycles. The van der Waals surface area contributed by atoms with Crippen LogP contribution in [0, 0.1) is 0 Å². The fraction of sp³-hybridized carbons (Fsp3) is 0. The Morgan fingerprint density at radius 2 is 2.45 bits per heavy atom. The zero-order valence-corrected chi connectivity index (χ0v) is 7.13. The highest BCUT2D eigenvalue weighted by Crippen LogP contribution is 2.06. The number of halogens is 1. The highest BCUT2D eigenvalue weighted by Gasteiger charge is 2.02. The first-order valence-electron chi connectivity index (χ1n) is 2.92. The molecule has 1 aromatic rings. The monoisotopic (exact) mass is 215 g/mol. The van der Waals surface area contributed by atoms with Crippen molar-refractivity contribution in [2.45, 2.75) is 0 Å². The molecule has 0 radical (unpaired) electrons. The molecule has 0 bridgehead atoms. The Morgan fingerprint density at radius 1 is 1.73 bits per heavy atom. The van der Waals surface area contributed by atoms with Gasteiger partial charge in [-0.05, 0) is 22.7 Å². The Hall–Kier alpha value is -1.03. The van der Waals surface area contributed by atoms with E-state index >= 15 is 0 Å². The largest absolute Gasteiger partial charge is 0.477 e. The van der Waals surface area contributed by atoms with E-state index in [9.17, 15) is 4.79 Å². The fourth-order valence-corrected chi connectivity index (χ4v) is 1.01. The molecular formula is C7H6BrNO2. The van der Waals surface area contributed by atoms with Gasteiger partial charge in [0.2, 0.25) is 0 Å². The summed E-state index contributed by atoms with van der Waals surface area (Å²) in [5.41, 5.74) is 1.03. The van der Waals surface area contributed by atoms with E-state index in [1.807, 2.05) is 0 Å². The highest BCUT2D eigenvalue weighted by molar-refractivity contribution is 9.11. The summed E-state index contributed by atoms with van der Waals surface area (Å²) in [6, 6.07) is 1.56. The lowest BCUT2D eigenvalue weighted by Crippen LogP contribution is -1.94. The van der Waals surface area contributed by atoms with Gasteiger partial charge in [-0.1, -0.05) is 15.9 Å². The second-order valence-corrected chi connectivity index (χ2v) is 2.47. The molecule has 0 aliphatic rings. The van der Waals surface area contributed by atoms with Crippen molar-refractivity contribution in [1.82, 2.24) is 4.98 Å². The summed E-state index contributed by atoms with van der Waals surface area (Å²) < 4.78 is 0. The average molecular weight is 216 g/mol. The van der Waals surface area contributed by atoms with E-state index in [0.29, 0.717) is 0 Å². The van der Waals surface area contributed by atoms with Gasteiger partial charge in [-0.25, -0.2) is 4.79 Å². The molecule has 2 N–H and O–H groups in total. The molecule has 11 heavy (non-hydrogen) atoms. The quantitative estimate of drug-likeness (QED) is 0.794. The number of nitrogens with one attached hydrogen (secondary N) is 1. The molecule has 58 valence electrons. The molecule has 0 spiro atoms.